The third-order valence-corrected chi connectivity index (χ3v) is 29.0. The van der Waals surface area contributed by atoms with Gasteiger partial charge in [0.15, 0.2) is 0 Å². The molecule has 16 rings (SSSR count). The van der Waals surface area contributed by atoms with Crippen LogP contribution < -0.4 is 24.7 Å². The van der Waals surface area contributed by atoms with E-state index in [0.717, 1.165) is 66.7 Å². The molecule has 8 aromatic rings. The first kappa shape index (κ1) is 113. The summed E-state index contributed by atoms with van der Waals surface area (Å²) in [5.74, 6) is -0.832. The summed E-state index contributed by atoms with van der Waals surface area (Å²) in [4.78, 5) is 116. The number of carboxylic acids is 1. The van der Waals surface area contributed by atoms with Crippen molar-refractivity contribution in [3.8, 4) is 23.0 Å². The minimum Gasteiger partial charge on any atom is -0.487 e. The van der Waals surface area contributed by atoms with Gasteiger partial charge in [-0.25, -0.2) is 68.2 Å². The molecule has 0 bridgehead atoms. The first-order valence-electron chi connectivity index (χ1n) is 48.7. The van der Waals surface area contributed by atoms with E-state index in [4.69, 9.17) is 85.3 Å². The Morgan fingerprint density at radius 1 is 0.408 bits per heavy atom. The number of alkyl halides is 8. The molecule has 8 aliphatic rings. The van der Waals surface area contributed by atoms with E-state index in [-0.39, 0.29) is 140 Å². The number of fused-ring (bicyclic) bond motifs is 4. The van der Waals surface area contributed by atoms with Crippen LogP contribution in [0.25, 0.3) is 0 Å². The molecule has 147 heavy (non-hydrogen) atoms. The summed E-state index contributed by atoms with van der Waals surface area (Å²) in [6, 6.07) is 10.9. The number of carbonyl (C=O) groups is 8. The fourth-order valence-corrected chi connectivity index (χ4v) is 21.1. The van der Waals surface area contributed by atoms with E-state index in [1.165, 1.54) is 28.2 Å². The van der Waals surface area contributed by atoms with E-state index in [0.29, 0.717) is 156 Å². The van der Waals surface area contributed by atoms with Crippen LogP contribution in [0.2, 0.25) is 20.1 Å². The molecule has 11 heterocycles. The molecule has 9 atom stereocenters. The Bertz CT molecular complexity index is 5970. The molecule has 4 fully saturated rings. The highest BCUT2D eigenvalue weighted by Gasteiger charge is 2.52. The predicted molar refractivity (Wildman–Crippen MR) is 521 cm³/mol. The van der Waals surface area contributed by atoms with Gasteiger partial charge in [0.25, 0.3) is 25.7 Å². The molecule has 36 nitrogen and oxygen atoms in total. The normalized spacial score (nSPS) is 21.0. The van der Waals surface area contributed by atoms with Gasteiger partial charge in [-0.05, 0) is 198 Å². The van der Waals surface area contributed by atoms with Gasteiger partial charge < -0.3 is 63.6 Å². The summed E-state index contributed by atoms with van der Waals surface area (Å²) in [6.07, 6.45) is -6.34. The van der Waals surface area contributed by atoms with Crippen molar-refractivity contribution in [2.45, 2.75) is 254 Å². The van der Waals surface area contributed by atoms with Crippen LogP contribution in [0.15, 0.2) is 48.5 Å². The number of ether oxygens (including phenoxy) is 7. The molecule has 3 N–H and O–H groups in total. The molecule has 4 aromatic heterocycles. The second kappa shape index (κ2) is 46.6. The fourth-order valence-electron chi connectivity index (χ4n) is 20.1. The van der Waals surface area contributed by atoms with E-state index in [2.05, 4.69) is 41.2 Å². The zero-order valence-corrected chi connectivity index (χ0v) is 88.1. The smallest absolute Gasteiger partial charge is 0.410 e. The van der Waals surface area contributed by atoms with Crippen molar-refractivity contribution in [2.24, 2.45) is 63.0 Å². The number of aliphatic carboxylic acids is 1. The fraction of sp³-hybridized carbons (Fsp3) is 0.596. The minimum absolute atomic E-state index is 0.0144. The number of halogens is 12. The molecular formula is C99H126Cl4F8N20O16. The molecule has 0 unspecified atom stereocenters. The lowest BCUT2D eigenvalue weighted by Gasteiger charge is -2.45. The topological polar surface area (TPSA) is 393 Å². The largest absolute Gasteiger partial charge is 0.487 e. The maximum atomic E-state index is 14.3. The molecule has 0 spiro atoms. The number of hydrogen-bond acceptors (Lipinski definition) is 24. The summed E-state index contributed by atoms with van der Waals surface area (Å²) in [7, 11) is 5.56. The molecule has 1 saturated carbocycles. The van der Waals surface area contributed by atoms with Crippen molar-refractivity contribution in [3.05, 3.63) is 159 Å². The van der Waals surface area contributed by atoms with Crippen LogP contribution >= 0.6 is 46.4 Å². The molecule has 1 aliphatic carbocycles. The standard InChI is InChI=1S/C29H36ClF2N5O5.2C25H32ClF2N5O4.C20H26ClF2N5O3/c1-16-9-12-36(26(16)38)14-21-23-17(10-13-37(21)27(39)18-6-4-5-11-29(18,2)28(40)41)19(30)7-8-22(23)42-15-20-24(25(31)32)35(3)34-33-20;2*1-14-8-10-32(23(14)34)12-18-20-15(9-11-33(18)24(35)37-25(2,3)4)16(26)6-7-19(20)36-13-17-21(22(27)28)31(5)30-29-17;1-20(2,3)31-19(29)28-8-7-11-12(21)5-6-15(16(11)14(28)9-24)30-10-13-17(18(22)23)27(4)26-25-13/h7-8,16,18,21,25H,4-6,9-15H2,1-3H3,(H,40,41);2*6-7,14,18,22H,8-13H2,1-5H3;5-6,14,18H,7-10,24H2,1-4H3/t16-,18+,21-,29+;14-,18+;14-,18-;14-/m1011/s1. The number of rotatable bonds is 25. The maximum Gasteiger partial charge on any atom is 0.410 e. The number of benzene rings is 4. The van der Waals surface area contributed by atoms with Gasteiger partial charge in [-0.3, -0.25) is 38.7 Å². The Morgan fingerprint density at radius 3 is 0.912 bits per heavy atom. The summed E-state index contributed by atoms with van der Waals surface area (Å²) in [5, 5.41) is 42.2. The Hall–Kier alpha value is -11.6. The van der Waals surface area contributed by atoms with Crippen molar-refractivity contribution in [2.75, 3.05) is 72.0 Å². The highest BCUT2D eigenvalue weighted by atomic mass is 35.5. The van der Waals surface area contributed by atoms with E-state index < -0.39 is 102 Å². The van der Waals surface area contributed by atoms with Crippen molar-refractivity contribution >= 4 is 94.3 Å². The number of hydrogen-bond donors (Lipinski definition) is 2. The lowest BCUT2D eigenvalue weighted by molar-refractivity contribution is -0.162. The van der Waals surface area contributed by atoms with E-state index in [1.54, 1.807) is 152 Å². The maximum absolute atomic E-state index is 14.3. The molecule has 7 amide bonds. The first-order valence-corrected chi connectivity index (χ1v) is 50.2. The van der Waals surface area contributed by atoms with Crippen LogP contribution in [0.1, 0.15) is 275 Å². The van der Waals surface area contributed by atoms with Crippen LogP contribution in [0.3, 0.4) is 0 Å². The van der Waals surface area contributed by atoms with Crippen molar-refractivity contribution < 1.29 is 112 Å². The lowest BCUT2D eigenvalue weighted by Crippen LogP contribution is -2.52. The number of aromatic nitrogens is 12. The first-order chi connectivity index (χ1) is 69.2. The number of aryl methyl sites for hydroxylation is 4. The summed E-state index contributed by atoms with van der Waals surface area (Å²) >= 11 is 26.2. The average Bonchev–Trinajstić information content (AvgIpc) is 1.46. The zero-order chi connectivity index (χ0) is 107. The van der Waals surface area contributed by atoms with Gasteiger partial charge in [0.2, 0.25) is 23.6 Å². The summed E-state index contributed by atoms with van der Waals surface area (Å²) < 4.78 is 153. The van der Waals surface area contributed by atoms with E-state index in [1.807, 2.05) is 20.8 Å². The minimum atomic E-state index is -2.80. The Kier molecular flexibility index (Phi) is 35.7. The molecule has 48 heteroatoms. The predicted octanol–water partition coefficient (Wildman–Crippen LogP) is 17.7. The quantitative estimate of drug-likeness (QED) is 0.0396. The van der Waals surface area contributed by atoms with E-state index >= 15 is 0 Å². The van der Waals surface area contributed by atoms with Crippen LogP contribution in [0.4, 0.5) is 49.5 Å². The van der Waals surface area contributed by atoms with Crippen LogP contribution in [0, 0.1) is 29.1 Å². The van der Waals surface area contributed by atoms with E-state index in [9.17, 15) is 78.6 Å². The third-order valence-electron chi connectivity index (χ3n) is 27.6. The van der Waals surface area contributed by atoms with Gasteiger partial charge in [0.1, 0.15) is 112 Å². The Labute approximate surface area is 866 Å². The van der Waals surface area contributed by atoms with Gasteiger partial charge in [-0.2, -0.15) is 0 Å². The van der Waals surface area contributed by atoms with Crippen molar-refractivity contribution in [1.29, 1.82) is 0 Å². The van der Waals surface area contributed by atoms with Crippen LogP contribution in [0.5, 0.6) is 23.0 Å². The Morgan fingerprint density at radius 2 is 0.667 bits per heavy atom. The average molecular weight is 2150 g/mol. The van der Waals surface area contributed by atoms with Crippen LogP contribution in [-0.4, -0.2) is 236 Å². The number of nitrogens with zero attached hydrogens (tertiary/aromatic N) is 19. The number of amides is 7. The molecule has 4 aromatic carbocycles. The Balaban J connectivity index is 0.000000165. The summed E-state index contributed by atoms with van der Waals surface area (Å²) in [5.41, 5.74) is 7.12. The van der Waals surface area contributed by atoms with Gasteiger partial charge in [-0.15, -0.1) is 20.4 Å². The number of nitrogens with two attached hydrogens (primary N) is 1. The number of carboxylic acid groups (broad SMARTS) is 1. The molecule has 0 radical (unpaired) electrons. The molecule has 3 saturated heterocycles. The third kappa shape index (κ3) is 25.4. The van der Waals surface area contributed by atoms with Gasteiger partial charge in [0.05, 0.1) is 35.5 Å². The second-order valence-electron chi connectivity index (χ2n) is 41.1. The van der Waals surface area contributed by atoms with Crippen molar-refractivity contribution in [3.63, 3.8) is 0 Å². The summed E-state index contributed by atoms with van der Waals surface area (Å²) in [6.45, 7) is 26.1. The van der Waals surface area contributed by atoms with Gasteiger partial charge in [-0.1, -0.05) is 101 Å². The SMILES string of the molecule is C[C@@H]1CCN(C[C@@H]2c3c(OCc4nnn(C)c4C(F)F)ccc(Cl)c3CCN2C(=O)OC(C)(C)C)C1=O.C[C@@H]1CCN(C[C@@H]2c3c(OCc4nnn(C)c4C(F)F)ccc(Cl)c3CCN2C(=O)[C@@H]2CCCC[C@]2(C)C(=O)O)C1=O.C[C@H]1CCN(C[C@@H]2c3c(OCc4nnn(C)c4C(F)F)ccc(Cl)c3CCN2C(=O)OC(C)(C)C)C1=O.Cn1nnc(COc2ccc(Cl)c3c2[C@@H](CN)N(C(=O)OC(C)(C)C)CC3)c1C(F)F. The van der Waals surface area contributed by atoms with Crippen molar-refractivity contribution in [1.82, 2.24) is 94.3 Å². The lowest BCUT2D eigenvalue weighted by atomic mass is 9.66. The molecular weight excluding hydrogens is 2020 g/mol. The molecule has 802 valence electrons. The zero-order valence-electron chi connectivity index (χ0n) is 85.1. The number of likely N-dealkylation sites (tertiary alicyclic amines) is 3. The van der Waals surface area contributed by atoms with Gasteiger partial charge >= 0.3 is 24.2 Å². The second-order valence-corrected chi connectivity index (χ2v) is 42.7. The van der Waals surface area contributed by atoms with Gasteiger partial charge in [0, 0.05) is 160 Å². The highest BCUT2D eigenvalue weighted by molar-refractivity contribution is 6.32. The molecule has 7 aliphatic heterocycles. The van der Waals surface area contributed by atoms with Crippen LogP contribution in [-0.2, 0) is 118 Å². The highest BCUT2D eigenvalue weighted by Crippen LogP contribution is 2.51. The number of carbonyl (C=O) groups excluding carboxylic acids is 7. The monoisotopic (exact) mass is 2140 g/mol.